The molecule has 2 aromatic carbocycles. The maximum atomic E-state index is 13.3. The predicted molar refractivity (Wildman–Crippen MR) is 134 cm³/mol. The van der Waals surface area contributed by atoms with Gasteiger partial charge in [0.05, 0.1) is 12.9 Å². The molecule has 2 amide bonds. The second-order valence-electron chi connectivity index (χ2n) is 7.65. The lowest BCUT2D eigenvalue weighted by Crippen LogP contribution is -2.50. The van der Waals surface area contributed by atoms with Crippen LogP contribution in [0.1, 0.15) is 38.3 Å². The molecule has 32 heavy (non-hydrogen) atoms. The van der Waals surface area contributed by atoms with Crippen LogP contribution in [-0.2, 0) is 21.9 Å². The third kappa shape index (κ3) is 7.61. The number of carbonyl (C=O) groups excluding carboxylic acids is 2. The van der Waals surface area contributed by atoms with E-state index < -0.39 is 6.04 Å². The van der Waals surface area contributed by atoms with Crippen molar-refractivity contribution in [3.8, 4) is 5.75 Å². The number of nitrogens with zero attached hydrogens (tertiary/aromatic N) is 1. The average molecular weight is 497 g/mol. The van der Waals surface area contributed by atoms with Crippen LogP contribution in [0.25, 0.3) is 0 Å². The van der Waals surface area contributed by atoms with Crippen molar-refractivity contribution >= 4 is 46.8 Å². The maximum Gasteiger partial charge on any atom is 0.243 e. The third-order valence-electron chi connectivity index (χ3n) is 4.86. The third-order valence-corrected chi connectivity index (χ3v) is 6.51. The zero-order chi connectivity index (χ0) is 23.7. The van der Waals surface area contributed by atoms with Crippen LogP contribution in [0.2, 0.25) is 10.0 Å². The minimum atomic E-state index is -0.559. The Balaban J connectivity index is 2.17. The van der Waals surface area contributed by atoms with Crippen LogP contribution in [0, 0.1) is 0 Å². The highest BCUT2D eigenvalue weighted by Gasteiger charge is 2.29. The van der Waals surface area contributed by atoms with E-state index in [9.17, 15) is 9.59 Å². The van der Waals surface area contributed by atoms with Gasteiger partial charge < -0.3 is 15.0 Å². The summed E-state index contributed by atoms with van der Waals surface area (Å²) >= 11 is 13.9. The van der Waals surface area contributed by atoms with Gasteiger partial charge in [0.15, 0.2) is 0 Å². The topological polar surface area (TPSA) is 58.6 Å². The monoisotopic (exact) mass is 496 g/mol. The van der Waals surface area contributed by atoms with E-state index in [0.29, 0.717) is 28.8 Å². The van der Waals surface area contributed by atoms with Crippen LogP contribution in [0.3, 0.4) is 0 Å². The molecule has 0 bridgehead atoms. The van der Waals surface area contributed by atoms with Crippen molar-refractivity contribution in [2.75, 3.05) is 12.9 Å². The van der Waals surface area contributed by atoms with E-state index in [1.165, 1.54) is 11.8 Å². The molecular formula is C24H30Cl2N2O3S. The summed E-state index contributed by atoms with van der Waals surface area (Å²) in [5.41, 5.74) is 1.73. The van der Waals surface area contributed by atoms with Gasteiger partial charge in [-0.1, -0.05) is 48.3 Å². The molecule has 1 N–H and O–H groups in total. The Bertz CT molecular complexity index is 886. The fraction of sp³-hybridized carbons (Fsp3) is 0.417. The molecule has 0 spiro atoms. The summed E-state index contributed by atoms with van der Waals surface area (Å²) in [5, 5.41) is 4.09. The lowest BCUT2D eigenvalue weighted by Gasteiger charge is -2.31. The molecule has 5 nitrogen and oxygen atoms in total. The lowest BCUT2D eigenvalue weighted by molar-refractivity contribution is -0.139. The highest BCUT2D eigenvalue weighted by molar-refractivity contribution is 7.99. The molecule has 0 saturated carbocycles. The molecule has 0 aromatic heterocycles. The van der Waals surface area contributed by atoms with Crippen LogP contribution in [0.5, 0.6) is 5.75 Å². The summed E-state index contributed by atoms with van der Waals surface area (Å²) in [7, 11) is 1.61. The fourth-order valence-electron chi connectivity index (χ4n) is 3.22. The second kappa shape index (κ2) is 13.0. The number of hydrogen-bond donors (Lipinski definition) is 1. The quantitative estimate of drug-likeness (QED) is 0.441. The van der Waals surface area contributed by atoms with Crippen molar-refractivity contribution in [2.24, 2.45) is 0 Å². The number of hydrogen-bond acceptors (Lipinski definition) is 4. The lowest BCUT2D eigenvalue weighted by atomic mass is 10.1. The normalized spacial score (nSPS) is 11.8. The zero-order valence-electron chi connectivity index (χ0n) is 18.9. The van der Waals surface area contributed by atoms with Crippen LogP contribution in [0.4, 0.5) is 0 Å². The minimum Gasteiger partial charge on any atom is -0.497 e. The van der Waals surface area contributed by atoms with E-state index in [1.54, 1.807) is 30.2 Å². The molecular weight excluding hydrogens is 467 g/mol. The first-order valence-corrected chi connectivity index (χ1v) is 12.4. The molecule has 0 aliphatic heterocycles. The summed E-state index contributed by atoms with van der Waals surface area (Å²) in [4.78, 5) is 27.7. The number of thioether (sulfide) groups is 1. The number of methoxy groups -OCH3 is 1. The van der Waals surface area contributed by atoms with Gasteiger partial charge in [0.25, 0.3) is 0 Å². The number of nitrogens with one attached hydrogen (secondary N) is 1. The van der Waals surface area contributed by atoms with Gasteiger partial charge in [-0.2, -0.15) is 0 Å². The van der Waals surface area contributed by atoms with E-state index in [4.69, 9.17) is 27.9 Å². The number of carbonyl (C=O) groups is 2. The first-order chi connectivity index (χ1) is 15.3. The van der Waals surface area contributed by atoms with E-state index in [1.807, 2.05) is 45.0 Å². The SMILES string of the molecule is CC[C@@H](C(=O)NC(C)C)N(Cc1ccc(OC)cc1)C(=O)CSCc1c(Cl)cccc1Cl. The average Bonchev–Trinajstić information content (AvgIpc) is 2.75. The number of amides is 2. The van der Waals surface area contributed by atoms with E-state index in [0.717, 1.165) is 16.9 Å². The molecule has 0 radical (unpaired) electrons. The van der Waals surface area contributed by atoms with Gasteiger partial charge in [-0.15, -0.1) is 11.8 Å². The first-order valence-electron chi connectivity index (χ1n) is 10.5. The number of rotatable bonds is 11. The molecule has 8 heteroatoms. The van der Waals surface area contributed by atoms with Gasteiger partial charge >= 0.3 is 0 Å². The number of benzene rings is 2. The van der Waals surface area contributed by atoms with Gasteiger partial charge in [0.1, 0.15) is 11.8 Å². The Hall–Kier alpha value is -1.89. The predicted octanol–water partition coefficient (Wildman–Crippen LogP) is 5.57. The molecule has 2 rings (SSSR count). The largest absolute Gasteiger partial charge is 0.497 e. The van der Waals surface area contributed by atoms with E-state index >= 15 is 0 Å². The molecule has 0 aliphatic rings. The van der Waals surface area contributed by atoms with Crippen LogP contribution >= 0.6 is 35.0 Å². The molecule has 1 atom stereocenters. The molecule has 0 saturated heterocycles. The second-order valence-corrected chi connectivity index (χ2v) is 9.45. The summed E-state index contributed by atoms with van der Waals surface area (Å²) in [6.45, 7) is 6.06. The Labute approximate surface area is 204 Å². The Morgan fingerprint density at radius 1 is 1.09 bits per heavy atom. The highest BCUT2D eigenvalue weighted by atomic mass is 35.5. The van der Waals surface area contributed by atoms with Crippen molar-refractivity contribution < 1.29 is 14.3 Å². The summed E-state index contributed by atoms with van der Waals surface area (Å²) in [6.07, 6.45) is 0.515. The van der Waals surface area contributed by atoms with Crippen molar-refractivity contribution in [3.05, 3.63) is 63.6 Å². The zero-order valence-corrected chi connectivity index (χ0v) is 21.2. The Morgan fingerprint density at radius 2 is 1.72 bits per heavy atom. The molecule has 0 fully saturated rings. The van der Waals surface area contributed by atoms with Crippen molar-refractivity contribution in [3.63, 3.8) is 0 Å². The summed E-state index contributed by atoms with van der Waals surface area (Å²) in [6, 6.07) is 12.3. The molecule has 2 aromatic rings. The van der Waals surface area contributed by atoms with Gasteiger partial charge in [-0.05, 0) is 55.7 Å². The van der Waals surface area contributed by atoms with Crippen LogP contribution < -0.4 is 10.1 Å². The first kappa shape index (κ1) is 26.4. The van der Waals surface area contributed by atoms with Gasteiger partial charge in [-0.25, -0.2) is 0 Å². The summed E-state index contributed by atoms with van der Waals surface area (Å²) < 4.78 is 5.22. The Morgan fingerprint density at radius 3 is 2.25 bits per heavy atom. The van der Waals surface area contributed by atoms with Crippen LogP contribution in [-0.4, -0.2) is 41.7 Å². The van der Waals surface area contributed by atoms with Crippen LogP contribution in [0.15, 0.2) is 42.5 Å². The summed E-state index contributed by atoms with van der Waals surface area (Å²) in [5.74, 6) is 1.20. The smallest absolute Gasteiger partial charge is 0.243 e. The van der Waals surface area contributed by atoms with Gasteiger partial charge in [0.2, 0.25) is 11.8 Å². The molecule has 0 aliphatic carbocycles. The number of ether oxygens (including phenoxy) is 1. The Kier molecular flexibility index (Phi) is 10.7. The fourth-order valence-corrected chi connectivity index (χ4v) is 4.87. The highest BCUT2D eigenvalue weighted by Crippen LogP contribution is 2.28. The van der Waals surface area contributed by atoms with E-state index in [2.05, 4.69) is 5.32 Å². The molecule has 174 valence electrons. The van der Waals surface area contributed by atoms with Crippen molar-refractivity contribution in [1.29, 1.82) is 0 Å². The number of halogens is 2. The van der Waals surface area contributed by atoms with Crippen molar-refractivity contribution in [2.45, 2.75) is 51.6 Å². The van der Waals surface area contributed by atoms with Crippen molar-refractivity contribution in [1.82, 2.24) is 10.2 Å². The van der Waals surface area contributed by atoms with E-state index in [-0.39, 0.29) is 23.6 Å². The standard InChI is InChI=1S/C24H30Cl2N2O3S/c1-5-22(24(30)27-16(2)3)28(13-17-9-11-18(31-4)12-10-17)23(29)15-32-14-19-20(25)7-6-8-21(19)26/h6-12,16,22H,5,13-15H2,1-4H3,(H,27,30)/t22-/m0/s1. The molecule has 0 heterocycles. The minimum absolute atomic E-state index is 0.00812. The van der Waals surface area contributed by atoms with Gasteiger partial charge in [-0.3, -0.25) is 9.59 Å². The van der Waals surface area contributed by atoms with Gasteiger partial charge in [0, 0.05) is 28.4 Å². The maximum absolute atomic E-state index is 13.3. The molecule has 0 unspecified atom stereocenters.